The van der Waals surface area contributed by atoms with Gasteiger partial charge < -0.3 is 15.4 Å². The first-order valence-corrected chi connectivity index (χ1v) is 6.90. The third-order valence-corrected chi connectivity index (χ3v) is 3.32. The van der Waals surface area contributed by atoms with Crippen molar-refractivity contribution < 1.29 is 19.1 Å². The second-order valence-electron chi connectivity index (χ2n) is 4.94. The van der Waals surface area contributed by atoms with Gasteiger partial charge in [-0.05, 0) is 37.1 Å². The zero-order chi connectivity index (χ0) is 16.1. The average Bonchev–Trinajstić information content (AvgIpc) is 2.85. The second kappa shape index (κ2) is 6.89. The highest BCUT2D eigenvalue weighted by Gasteiger charge is 2.19. The van der Waals surface area contributed by atoms with E-state index in [-0.39, 0.29) is 24.6 Å². The van der Waals surface area contributed by atoms with Gasteiger partial charge in [-0.1, -0.05) is 12.2 Å². The van der Waals surface area contributed by atoms with Crippen molar-refractivity contribution in [1.29, 1.82) is 0 Å². The summed E-state index contributed by atoms with van der Waals surface area (Å²) >= 11 is 0. The number of H-pyrrole nitrogens is 1. The summed E-state index contributed by atoms with van der Waals surface area (Å²) in [5, 5.41) is 12.3. The molecule has 1 aromatic carbocycles. The SMILES string of the molecule is C/C=C/CC(NC(=O)Cc1c[nH]c2cc(F)ccc12)C(=O)O. The monoisotopic (exact) mass is 304 g/mol. The van der Waals surface area contributed by atoms with E-state index in [9.17, 15) is 14.0 Å². The Kier molecular flexibility index (Phi) is 4.93. The van der Waals surface area contributed by atoms with Gasteiger partial charge in [0.1, 0.15) is 11.9 Å². The summed E-state index contributed by atoms with van der Waals surface area (Å²) in [4.78, 5) is 26.0. The summed E-state index contributed by atoms with van der Waals surface area (Å²) < 4.78 is 13.1. The van der Waals surface area contributed by atoms with Gasteiger partial charge in [-0.25, -0.2) is 9.18 Å². The molecule has 1 atom stereocenters. The van der Waals surface area contributed by atoms with E-state index < -0.39 is 12.0 Å². The second-order valence-corrected chi connectivity index (χ2v) is 4.94. The molecule has 3 N–H and O–H groups in total. The minimum Gasteiger partial charge on any atom is -0.480 e. The number of carboxylic acid groups (broad SMARTS) is 1. The van der Waals surface area contributed by atoms with Gasteiger partial charge >= 0.3 is 5.97 Å². The number of hydrogen-bond donors (Lipinski definition) is 3. The number of aliphatic carboxylic acids is 1. The number of nitrogens with one attached hydrogen (secondary N) is 2. The Morgan fingerprint density at radius 3 is 2.91 bits per heavy atom. The Bertz CT molecular complexity index is 721. The number of amides is 1. The minimum atomic E-state index is -1.08. The Balaban J connectivity index is 2.08. The molecule has 1 unspecified atom stereocenters. The van der Waals surface area contributed by atoms with Gasteiger partial charge in [0.2, 0.25) is 5.91 Å². The van der Waals surface area contributed by atoms with Crippen LogP contribution in [0, 0.1) is 5.82 Å². The molecule has 1 heterocycles. The van der Waals surface area contributed by atoms with Crippen LogP contribution in [0.3, 0.4) is 0 Å². The highest BCUT2D eigenvalue weighted by molar-refractivity contribution is 5.90. The summed E-state index contributed by atoms with van der Waals surface area (Å²) in [6.45, 7) is 1.78. The number of benzene rings is 1. The summed E-state index contributed by atoms with van der Waals surface area (Å²) in [7, 11) is 0. The summed E-state index contributed by atoms with van der Waals surface area (Å²) in [6.07, 6.45) is 5.32. The van der Waals surface area contributed by atoms with Crippen molar-refractivity contribution >= 4 is 22.8 Å². The van der Waals surface area contributed by atoms with Gasteiger partial charge in [-0.3, -0.25) is 4.79 Å². The van der Waals surface area contributed by atoms with Crippen LogP contribution >= 0.6 is 0 Å². The Hall–Kier alpha value is -2.63. The van der Waals surface area contributed by atoms with Crippen molar-refractivity contribution in [3.8, 4) is 0 Å². The quantitative estimate of drug-likeness (QED) is 0.717. The van der Waals surface area contributed by atoms with Gasteiger partial charge in [0.15, 0.2) is 0 Å². The molecule has 0 bridgehead atoms. The molecule has 0 aliphatic carbocycles. The Morgan fingerprint density at radius 1 is 1.45 bits per heavy atom. The van der Waals surface area contributed by atoms with E-state index in [0.717, 1.165) is 5.39 Å². The number of rotatable bonds is 6. The van der Waals surface area contributed by atoms with Crippen LogP contribution in [0.25, 0.3) is 10.9 Å². The normalized spacial score (nSPS) is 12.6. The number of carbonyl (C=O) groups excluding carboxylic acids is 1. The third-order valence-electron chi connectivity index (χ3n) is 3.32. The lowest BCUT2D eigenvalue weighted by molar-refractivity contribution is -0.141. The maximum Gasteiger partial charge on any atom is 0.326 e. The topological polar surface area (TPSA) is 82.2 Å². The molecule has 22 heavy (non-hydrogen) atoms. The lowest BCUT2D eigenvalue weighted by atomic mass is 10.1. The van der Waals surface area contributed by atoms with Crippen molar-refractivity contribution in [2.75, 3.05) is 0 Å². The van der Waals surface area contributed by atoms with Crippen LogP contribution in [0.2, 0.25) is 0 Å². The van der Waals surface area contributed by atoms with E-state index in [1.54, 1.807) is 31.3 Å². The van der Waals surface area contributed by atoms with Crippen LogP contribution in [0.5, 0.6) is 0 Å². The Labute approximate surface area is 126 Å². The molecular formula is C16H17FN2O3. The molecule has 1 amide bonds. The van der Waals surface area contributed by atoms with Crippen molar-refractivity contribution in [1.82, 2.24) is 10.3 Å². The zero-order valence-corrected chi connectivity index (χ0v) is 12.1. The van der Waals surface area contributed by atoms with Crippen LogP contribution < -0.4 is 5.32 Å². The van der Waals surface area contributed by atoms with E-state index in [0.29, 0.717) is 11.1 Å². The van der Waals surface area contributed by atoms with Gasteiger partial charge in [0.25, 0.3) is 0 Å². The fourth-order valence-corrected chi connectivity index (χ4v) is 2.22. The largest absolute Gasteiger partial charge is 0.480 e. The number of carboxylic acids is 1. The molecule has 6 heteroatoms. The molecule has 2 aromatic rings. The summed E-state index contributed by atoms with van der Waals surface area (Å²) in [5.74, 6) is -1.82. The standard InChI is InChI=1S/C16H17FN2O3/c1-2-3-4-13(16(21)22)19-15(20)7-10-9-18-14-8-11(17)5-6-12(10)14/h2-3,5-6,8-9,13,18H,4,7H2,1H3,(H,19,20)(H,21,22)/b3-2+. The molecular weight excluding hydrogens is 287 g/mol. The van der Waals surface area contributed by atoms with E-state index in [1.807, 2.05) is 0 Å². The maximum absolute atomic E-state index is 13.1. The number of aromatic amines is 1. The number of carbonyl (C=O) groups is 2. The fourth-order valence-electron chi connectivity index (χ4n) is 2.22. The number of hydrogen-bond acceptors (Lipinski definition) is 2. The summed E-state index contributed by atoms with van der Waals surface area (Å²) in [6, 6.07) is 3.32. The highest BCUT2D eigenvalue weighted by Crippen LogP contribution is 2.19. The van der Waals surface area contributed by atoms with Crippen LogP contribution in [0.4, 0.5) is 4.39 Å². The van der Waals surface area contributed by atoms with E-state index in [2.05, 4.69) is 10.3 Å². The van der Waals surface area contributed by atoms with Crippen LogP contribution in [0.1, 0.15) is 18.9 Å². The minimum absolute atomic E-state index is 0.0330. The molecule has 0 radical (unpaired) electrons. The molecule has 0 saturated carbocycles. The molecule has 5 nitrogen and oxygen atoms in total. The summed E-state index contributed by atoms with van der Waals surface area (Å²) in [5.41, 5.74) is 1.30. The molecule has 0 fully saturated rings. The van der Waals surface area contributed by atoms with Gasteiger partial charge in [-0.2, -0.15) is 0 Å². The number of fused-ring (bicyclic) bond motifs is 1. The number of allylic oxidation sites excluding steroid dienone is 1. The smallest absolute Gasteiger partial charge is 0.326 e. The molecule has 0 spiro atoms. The van der Waals surface area contributed by atoms with Crippen molar-refractivity contribution in [3.05, 3.63) is 47.9 Å². The molecule has 0 aliphatic heterocycles. The Morgan fingerprint density at radius 2 is 2.23 bits per heavy atom. The highest BCUT2D eigenvalue weighted by atomic mass is 19.1. The first-order chi connectivity index (χ1) is 10.5. The first kappa shape index (κ1) is 15.8. The predicted octanol–water partition coefficient (Wildman–Crippen LogP) is 2.39. The predicted molar refractivity (Wildman–Crippen MR) is 81.0 cm³/mol. The third kappa shape index (κ3) is 3.72. The van der Waals surface area contributed by atoms with Gasteiger partial charge in [0, 0.05) is 17.1 Å². The van der Waals surface area contributed by atoms with Crippen LogP contribution in [-0.2, 0) is 16.0 Å². The van der Waals surface area contributed by atoms with Crippen molar-refractivity contribution in [3.63, 3.8) is 0 Å². The van der Waals surface area contributed by atoms with Crippen LogP contribution in [0.15, 0.2) is 36.5 Å². The number of aromatic nitrogens is 1. The number of halogens is 1. The fraction of sp³-hybridized carbons (Fsp3) is 0.250. The van der Waals surface area contributed by atoms with Gasteiger partial charge in [-0.15, -0.1) is 0 Å². The van der Waals surface area contributed by atoms with Crippen LogP contribution in [-0.4, -0.2) is 28.0 Å². The molecule has 2 rings (SSSR count). The average molecular weight is 304 g/mol. The zero-order valence-electron chi connectivity index (χ0n) is 12.1. The lowest BCUT2D eigenvalue weighted by Gasteiger charge is -2.12. The van der Waals surface area contributed by atoms with E-state index >= 15 is 0 Å². The molecule has 1 aromatic heterocycles. The molecule has 0 aliphatic rings. The van der Waals surface area contributed by atoms with Crippen molar-refractivity contribution in [2.24, 2.45) is 0 Å². The van der Waals surface area contributed by atoms with E-state index in [4.69, 9.17) is 5.11 Å². The maximum atomic E-state index is 13.1. The molecule has 116 valence electrons. The van der Waals surface area contributed by atoms with Gasteiger partial charge in [0.05, 0.1) is 6.42 Å². The molecule has 0 saturated heterocycles. The first-order valence-electron chi connectivity index (χ1n) is 6.90. The lowest BCUT2D eigenvalue weighted by Crippen LogP contribution is -2.41. The van der Waals surface area contributed by atoms with Crippen molar-refractivity contribution in [2.45, 2.75) is 25.8 Å². The van der Waals surface area contributed by atoms with E-state index in [1.165, 1.54) is 12.1 Å².